The first-order chi connectivity index (χ1) is 9.37. The normalized spacial score (nSPS) is 22.6. The Morgan fingerprint density at radius 2 is 1.86 bits per heavy atom. The van der Waals surface area contributed by atoms with Gasteiger partial charge in [0, 0.05) is 26.2 Å². The van der Waals surface area contributed by atoms with Crippen LogP contribution in [0.2, 0.25) is 0 Å². The molecule has 2 aliphatic rings. The minimum atomic E-state index is -0.452. The summed E-state index contributed by atoms with van der Waals surface area (Å²) in [5, 5.41) is 6.35. The van der Waals surface area contributed by atoms with Gasteiger partial charge in [0.2, 0.25) is 0 Å². The van der Waals surface area contributed by atoms with E-state index >= 15 is 0 Å². The molecule has 1 aliphatic heterocycles. The first kappa shape index (κ1) is 18.3. The summed E-state index contributed by atoms with van der Waals surface area (Å²) < 4.78 is 5.28. The Bertz CT molecular complexity index is 391. The number of carbonyl (C=O) groups excluding carboxylic acids is 1. The molecule has 1 aliphatic carbocycles. The highest BCUT2D eigenvalue weighted by Crippen LogP contribution is 2.20. The van der Waals surface area contributed by atoms with Crippen molar-refractivity contribution < 1.29 is 9.53 Å². The van der Waals surface area contributed by atoms with Gasteiger partial charge in [-0.15, -0.1) is 24.0 Å². The molecule has 2 N–H and O–H groups in total. The molecule has 1 unspecified atom stereocenters. The summed E-state index contributed by atoms with van der Waals surface area (Å²) in [6.07, 6.45) is 3.04. The number of rotatable bonds is 2. The molecule has 1 saturated carbocycles. The Morgan fingerprint density at radius 1 is 1.19 bits per heavy atom. The average Bonchev–Trinajstić information content (AvgIpc) is 3.03. The van der Waals surface area contributed by atoms with Gasteiger partial charge in [0.25, 0.3) is 0 Å². The number of nitrogens with zero attached hydrogens (tertiary/aromatic N) is 2. The van der Waals surface area contributed by atoms with Crippen LogP contribution < -0.4 is 10.6 Å². The summed E-state index contributed by atoms with van der Waals surface area (Å²) in [7, 11) is 1.80. The lowest BCUT2D eigenvalue weighted by Crippen LogP contribution is -2.44. The van der Waals surface area contributed by atoms with Gasteiger partial charge in [-0.2, -0.15) is 0 Å². The van der Waals surface area contributed by atoms with E-state index < -0.39 is 5.60 Å². The van der Waals surface area contributed by atoms with Gasteiger partial charge >= 0.3 is 6.09 Å². The van der Waals surface area contributed by atoms with Crippen molar-refractivity contribution in [2.75, 3.05) is 20.1 Å². The molecule has 1 amide bonds. The summed E-state index contributed by atoms with van der Waals surface area (Å²) in [5.41, 5.74) is -0.452. The number of alkyl carbamates (subject to hydrolysis) is 1. The predicted octanol–water partition coefficient (Wildman–Crippen LogP) is 1.94. The summed E-state index contributed by atoms with van der Waals surface area (Å²) in [6, 6.07) is 0.717. The zero-order chi connectivity index (χ0) is 14.8. The zero-order valence-electron chi connectivity index (χ0n) is 13.3. The molecular weight excluding hydrogens is 383 g/mol. The fourth-order valence-electron chi connectivity index (χ4n) is 2.25. The summed E-state index contributed by atoms with van der Waals surface area (Å²) in [5.74, 6) is 0.945. The molecule has 21 heavy (non-hydrogen) atoms. The molecule has 1 heterocycles. The Kier molecular flexibility index (Phi) is 6.55. The van der Waals surface area contributed by atoms with Crippen molar-refractivity contribution >= 4 is 36.0 Å². The Balaban J connectivity index is 0.00000220. The standard InChI is InChI=1S/C14H26N4O2.HI/c1-14(2,3)20-13(19)17-11-7-8-18(9-11)12(15-4)16-10-5-6-10;/h10-11H,5-9H2,1-4H3,(H,15,16)(H,17,19);1H. The minimum Gasteiger partial charge on any atom is -0.444 e. The van der Waals surface area contributed by atoms with Crippen LogP contribution in [-0.4, -0.2) is 54.8 Å². The van der Waals surface area contributed by atoms with Crippen LogP contribution >= 0.6 is 24.0 Å². The number of carbonyl (C=O) groups is 1. The fraction of sp³-hybridized carbons (Fsp3) is 0.857. The van der Waals surface area contributed by atoms with E-state index in [0.717, 1.165) is 25.5 Å². The van der Waals surface area contributed by atoms with Crippen LogP contribution in [0.3, 0.4) is 0 Å². The zero-order valence-corrected chi connectivity index (χ0v) is 15.6. The second-order valence-corrected chi connectivity index (χ2v) is 6.54. The summed E-state index contributed by atoms with van der Waals surface area (Å²) in [4.78, 5) is 18.3. The van der Waals surface area contributed by atoms with Crippen LogP contribution in [0.5, 0.6) is 0 Å². The molecule has 0 aromatic heterocycles. The number of likely N-dealkylation sites (tertiary alicyclic amines) is 1. The maximum Gasteiger partial charge on any atom is 0.407 e. The minimum absolute atomic E-state index is 0. The quantitative estimate of drug-likeness (QED) is 0.415. The molecule has 1 atom stereocenters. The van der Waals surface area contributed by atoms with Gasteiger partial charge in [-0.3, -0.25) is 4.99 Å². The maximum absolute atomic E-state index is 11.8. The summed E-state index contributed by atoms with van der Waals surface area (Å²) >= 11 is 0. The number of halogens is 1. The van der Waals surface area contributed by atoms with Crippen LogP contribution in [0.25, 0.3) is 0 Å². The van der Waals surface area contributed by atoms with Crippen molar-refractivity contribution in [1.29, 1.82) is 0 Å². The van der Waals surface area contributed by atoms with Crippen molar-refractivity contribution in [2.45, 2.75) is 57.7 Å². The summed E-state index contributed by atoms with van der Waals surface area (Å²) in [6.45, 7) is 7.30. The largest absolute Gasteiger partial charge is 0.444 e. The molecule has 6 nitrogen and oxygen atoms in total. The van der Waals surface area contributed by atoms with Crippen LogP contribution in [0, 0.1) is 0 Å². The smallest absolute Gasteiger partial charge is 0.407 e. The van der Waals surface area contributed by atoms with E-state index in [9.17, 15) is 4.79 Å². The highest BCUT2D eigenvalue weighted by Gasteiger charge is 2.30. The van der Waals surface area contributed by atoms with Gasteiger partial charge in [0.15, 0.2) is 5.96 Å². The number of amides is 1. The van der Waals surface area contributed by atoms with Crippen molar-refractivity contribution in [3.8, 4) is 0 Å². The van der Waals surface area contributed by atoms with E-state index in [1.807, 2.05) is 20.8 Å². The van der Waals surface area contributed by atoms with Crippen LogP contribution in [-0.2, 0) is 4.74 Å². The van der Waals surface area contributed by atoms with Gasteiger partial charge in [-0.1, -0.05) is 0 Å². The molecular formula is C14H27IN4O2. The Labute approximate surface area is 144 Å². The lowest BCUT2D eigenvalue weighted by Gasteiger charge is -2.23. The van der Waals surface area contributed by atoms with Crippen molar-refractivity contribution in [1.82, 2.24) is 15.5 Å². The lowest BCUT2D eigenvalue weighted by molar-refractivity contribution is 0.0507. The second kappa shape index (κ2) is 7.51. The Morgan fingerprint density at radius 3 is 2.38 bits per heavy atom. The highest BCUT2D eigenvalue weighted by atomic mass is 127. The van der Waals surface area contributed by atoms with Crippen LogP contribution in [0.1, 0.15) is 40.0 Å². The number of aliphatic imine (C=N–C) groups is 1. The maximum atomic E-state index is 11.8. The van der Waals surface area contributed by atoms with E-state index in [2.05, 4.69) is 20.5 Å². The molecule has 0 aromatic carbocycles. The molecule has 1 saturated heterocycles. The van der Waals surface area contributed by atoms with E-state index in [1.165, 1.54) is 12.8 Å². The molecule has 2 rings (SSSR count). The molecule has 7 heteroatoms. The third-order valence-corrected chi connectivity index (χ3v) is 3.33. The van der Waals surface area contributed by atoms with Gasteiger partial charge in [-0.05, 0) is 40.0 Å². The van der Waals surface area contributed by atoms with E-state index in [-0.39, 0.29) is 36.1 Å². The highest BCUT2D eigenvalue weighted by molar-refractivity contribution is 14.0. The van der Waals surface area contributed by atoms with E-state index in [1.54, 1.807) is 7.05 Å². The molecule has 0 aromatic rings. The fourth-order valence-corrected chi connectivity index (χ4v) is 2.25. The molecule has 0 radical (unpaired) electrons. The van der Waals surface area contributed by atoms with Crippen LogP contribution in [0.4, 0.5) is 4.79 Å². The number of ether oxygens (including phenoxy) is 1. The van der Waals surface area contributed by atoms with Gasteiger partial charge in [0.05, 0.1) is 6.04 Å². The third-order valence-electron chi connectivity index (χ3n) is 3.33. The number of nitrogens with one attached hydrogen (secondary N) is 2. The van der Waals surface area contributed by atoms with E-state index in [4.69, 9.17) is 4.74 Å². The second-order valence-electron chi connectivity index (χ2n) is 6.54. The number of hydrogen-bond donors (Lipinski definition) is 2. The predicted molar refractivity (Wildman–Crippen MR) is 94.3 cm³/mol. The number of guanidine groups is 1. The SMILES string of the molecule is CN=C(NC1CC1)N1CCC(NC(=O)OC(C)(C)C)C1.I. The van der Waals surface area contributed by atoms with E-state index in [0.29, 0.717) is 6.04 Å². The van der Waals surface area contributed by atoms with Gasteiger partial charge in [0.1, 0.15) is 5.60 Å². The molecule has 2 fully saturated rings. The molecule has 0 spiro atoms. The first-order valence-electron chi connectivity index (χ1n) is 7.35. The van der Waals surface area contributed by atoms with Crippen molar-refractivity contribution in [2.24, 2.45) is 4.99 Å². The van der Waals surface area contributed by atoms with Crippen molar-refractivity contribution in [3.05, 3.63) is 0 Å². The lowest BCUT2D eigenvalue weighted by atomic mass is 10.2. The van der Waals surface area contributed by atoms with Crippen molar-refractivity contribution in [3.63, 3.8) is 0 Å². The molecule has 0 bridgehead atoms. The average molecular weight is 410 g/mol. The number of hydrogen-bond acceptors (Lipinski definition) is 3. The molecule has 122 valence electrons. The topological polar surface area (TPSA) is 66.0 Å². The Hall–Kier alpha value is -0.730. The van der Waals surface area contributed by atoms with Gasteiger partial charge in [-0.25, -0.2) is 4.79 Å². The first-order valence-corrected chi connectivity index (χ1v) is 7.35. The van der Waals surface area contributed by atoms with Gasteiger partial charge < -0.3 is 20.3 Å². The van der Waals surface area contributed by atoms with Crippen LogP contribution in [0.15, 0.2) is 4.99 Å². The third kappa shape index (κ3) is 6.27. The monoisotopic (exact) mass is 410 g/mol.